The number of furan rings is 1. The lowest BCUT2D eigenvalue weighted by atomic mass is 9.87. The van der Waals surface area contributed by atoms with Crippen LogP contribution in [0.4, 0.5) is 5.69 Å². The number of benzene rings is 2. The molecule has 0 aliphatic heterocycles. The molecule has 5 rings (SSSR count). The number of H-pyrrole nitrogens is 1. The number of hydrogen-bond donors (Lipinski definition) is 2. The van der Waals surface area contributed by atoms with E-state index in [0.717, 1.165) is 28.1 Å². The first-order chi connectivity index (χ1) is 16.9. The van der Waals surface area contributed by atoms with Crippen molar-refractivity contribution in [3.05, 3.63) is 78.4 Å². The zero-order chi connectivity index (χ0) is 24.4. The van der Waals surface area contributed by atoms with Gasteiger partial charge in [-0.15, -0.1) is 10.2 Å². The maximum absolute atomic E-state index is 12.7. The molecule has 2 N–H and O–H groups in total. The van der Waals surface area contributed by atoms with Crippen molar-refractivity contribution >= 4 is 34.3 Å². The van der Waals surface area contributed by atoms with Gasteiger partial charge in [0.2, 0.25) is 5.91 Å². The first-order valence-electron chi connectivity index (χ1n) is 11.3. The molecule has 0 unspecified atom stereocenters. The van der Waals surface area contributed by atoms with E-state index >= 15 is 0 Å². The van der Waals surface area contributed by atoms with Crippen molar-refractivity contribution < 1.29 is 9.21 Å². The second-order valence-electron chi connectivity index (χ2n) is 9.31. The fraction of sp³-hybridized carbons (Fsp3) is 0.231. The lowest BCUT2D eigenvalue weighted by Gasteiger charge is -2.19. The number of nitrogens with one attached hydrogen (secondary N) is 2. The molecule has 3 heterocycles. The van der Waals surface area contributed by atoms with Crippen LogP contribution in [-0.4, -0.2) is 36.6 Å². The predicted octanol–water partition coefficient (Wildman–Crippen LogP) is 5.49. The van der Waals surface area contributed by atoms with Gasteiger partial charge in [-0.1, -0.05) is 56.8 Å². The van der Waals surface area contributed by atoms with Crippen LogP contribution < -0.4 is 5.32 Å². The van der Waals surface area contributed by atoms with Crippen LogP contribution in [0.3, 0.4) is 0 Å². The Bertz CT molecular complexity index is 1450. The summed E-state index contributed by atoms with van der Waals surface area (Å²) in [4.78, 5) is 12.7. The van der Waals surface area contributed by atoms with Crippen molar-refractivity contribution in [2.24, 2.45) is 0 Å². The normalized spacial score (nSPS) is 11.7. The van der Waals surface area contributed by atoms with E-state index in [1.807, 2.05) is 34.9 Å². The average Bonchev–Trinajstić information content (AvgIpc) is 3.59. The number of carbonyl (C=O) groups excluding carboxylic acids is 1. The van der Waals surface area contributed by atoms with Crippen LogP contribution in [0.5, 0.6) is 0 Å². The molecule has 5 aromatic rings. The Morgan fingerprint density at radius 2 is 1.94 bits per heavy atom. The first-order valence-corrected chi connectivity index (χ1v) is 12.3. The minimum Gasteiger partial charge on any atom is -0.467 e. The molecule has 0 radical (unpaired) electrons. The van der Waals surface area contributed by atoms with Crippen LogP contribution in [-0.2, 0) is 16.8 Å². The van der Waals surface area contributed by atoms with Gasteiger partial charge in [0.1, 0.15) is 5.76 Å². The molecule has 0 atom stereocenters. The number of anilines is 1. The topological polar surface area (TPSA) is 102 Å². The van der Waals surface area contributed by atoms with Crippen molar-refractivity contribution in [2.45, 2.75) is 37.9 Å². The number of aromatic nitrogens is 5. The maximum Gasteiger partial charge on any atom is 0.234 e. The molecule has 8 nitrogen and oxygen atoms in total. The summed E-state index contributed by atoms with van der Waals surface area (Å²) in [6, 6.07) is 17.8. The number of nitrogens with zero attached hydrogens (tertiary/aromatic N) is 4. The van der Waals surface area contributed by atoms with Crippen molar-refractivity contribution in [3.63, 3.8) is 0 Å². The minimum absolute atomic E-state index is 0.0661. The van der Waals surface area contributed by atoms with E-state index in [2.05, 4.69) is 70.7 Å². The van der Waals surface area contributed by atoms with Gasteiger partial charge in [-0.25, -0.2) is 0 Å². The summed E-state index contributed by atoms with van der Waals surface area (Å²) < 4.78 is 7.56. The second kappa shape index (κ2) is 9.42. The molecule has 0 spiro atoms. The smallest absolute Gasteiger partial charge is 0.234 e. The third-order valence-corrected chi connectivity index (χ3v) is 6.64. The van der Waals surface area contributed by atoms with Crippen LogP contribution in [0.1, 0.15) is 32.1 Å². The van der Waals surface area contributed by atoms with Gasteiger partial charge < -0.3 is 9.73 Å². The minimum atomic E-state index is -0.127. The monoisotopic (exact) mass is 486 g/mol. The molecule has 0 saturated heterocycles. The molecule has 35 heavy (non-hydrogen) atoms. The standard InChI is InChI=1S/C26H26N6O2S/c1-26(2,3)19-9-6-17(7-10-19)24-30-31-25(32(24)15-21-5-4-12-34-21)35-16-23(33)28-20-11-8-18-14-27-29-22(18)13-20/h4-14H,15-16H2,1-3H3,(H,27,29)(H,28,33). The summed E-state index contributed by atoms with van der Waals surface area (Å²) in [7, 11) is 0. The van der Waals surface area contributed by atoms with Gasteiger partial charge in [0, 0.05) is 16.6 Å². The highest BCUT2D eigenvalue weighted by molar-refractivity contribution is 7.99. The first kappa shape index (κ1) is 22.9. The zero-order valence-electron chi connectivity index (χ0n) is 19.8. The number of aromatic amines is 1. The number of amides is 1. The summed E-state index contributed by atoms with van der Waals surface area (Å²) >= 11 is 1.34. The highest BCUT2D eigenvalue weighted by atomic mass is 32.2. The second-order valence-corrected chi connectivity index (χ2v) is 10.3. The van der Waals surface area contributed by atoms with Gasteiger partial charge in [0.15, 0.2) is 11.0 Å². The molecule has 3 aromatic heterocycles. The van der Waals surface area contributed by atoms with Gasteiger partial charge >= 0.3 is 0 Å². The molecular weight excluding hydrogens is 460 g/mol. The van der Waals surface area contributed by atoms with E-state index in [9.17, 15) is 4.79 Å². The Morgan fingerprint density at radius 3 is 2.69 bits per heavy atom. The van der Waals surface area contributed by atoms with Gasteiger partial charge in [-0.3, -0.25) is 14.5 Å². The number of carbonyl (C=O) groups is 1. The number of hydrogen-bond acceptors (Lipinski definition) is 6. The van der Waals surface area contributed by atoms with E-state index in [0.29, 0.717) is 17.4 Å². The molecule has 2 aromatic carbocycles. The Kier molecular flexibility index (Phi) is 6.17. The predicted molar refractivity (Wildman–Crippen MR) is 137 cm³/mol. The van der Waals surface area contributed by atoms with Crippen LogP contribution in [0, 0.1) is 0 Å². The lowest BCUT2D eigenvalue weighted by molar-refractivity contribution is -0.113. The SMILES string of the molecule is CC(C)(C)c1ccc(-c2nnc(SCC(=O)Nc3ccc4cn[nH]c4c3)n2Cc2ccco2)cc1. The lowest BCUT2D eigenvalue weighted by Crippen LogP contribution is -2.14. The van der Waals surface area contributed by atoms with Crippen LogP contribution in [0.15, 0.2) is 76.6 Å². The molecule has 178 valence electrons. The Morgan fingerprint density at radius 1 is 1.11 bits per heavy atom. The summed E-state index contributed by atoms with van der Waals surface area (Å²) in [6.45, 7) is 7.04. The summed E-state index contributed by atoms with van der Waals surface area (Å²) in [5.41, 5.74) is 3.86. The summed E-state index contributed by atoms with van der Waals surface area (Å²) in [6.07, 6.45) is 3.39. The maximum atomic E-state index is 12.7. The summed E-state index contributed by atoms with van der Waals surface area (Å²) in [5, 5.41) is 20.4. The van der Waals surface area contributed by atoms with E-state index in [4.69, 9.17) is 4.42 Å². The summed E-state index contributed by atoms with van der Waals surface area (Å²) in [5.74, 6) is 1.59. The number of fused-ring (bicyclic) bond motifs is 1. The Hall–Kier alpha value is -3.85. The van der Waals surface area contributed by atoms with E-state index in [-0.39, 0.29) is 17.1 Å². The van der Waals surface area contributed by atoms with Crippen LogP contribution >= 0.6 is 11.8 Å². The fourth-order valence-electron chi connectivity index (χ4n) is 3.77. The Labute approximate surface area is 207 Å². The highest BCUT2D eigenvalue weighted by Crippen LogP contribution is 2.28. The highest BCUT2D eigenvalue weighted by Gasteiger charge is 2.19. The molecule has 0 bridgehead atoms. The molecule has 9 heteroatoms. The third-order valence-electron chi connectivity index (χ3n) is 5.68. The van der Waals surface area contributed by atoms with Crippen LogP contribution in [0.2, 0.25) is 0 Å². The fourth-order valence-corrected chi connectivity index (χ4v) is 4.51. The van der Waals surface area contributed by atoms with Gasteiger partial charge in [0.05, 0.1) is 30.3 Å². The van der Waals surface area contributed by atoms with E-state index in [1.165, 1.54) is 17.3 Å². The van der Waals surface area contributed by atoms with Crippen LogP contribution in [0.25, 0.3) is 22.3 Å². The molecule has 0 saturated carbocycles. The molecule has 1 amide bonds. The van der Waals surface area contributed by atoms with Gasteiger partial charge in [-0.05, 0) is 41.3 Å². The molecule has 0 fully saturated rings. The van der Waals surface area contributed by atoms with E-state index in [1.54, 1.807) is 12.5 Å². The Balaban J connectivity index is 1.35. The zero-order valence-corrected chi connectivity index (χ0v) is 20.6. The molecule has 0 aliphatic rings. The molecule has 0 aliphatic carbocycles. The number of thioether (sulfide) groups is 1. The quantitative estimate of drug-likeness (QED) is 0.295. The van der Waals surface area contributed by atoms with Crippen molar-refractivity contribution in [1.29, 1.82) is 0 Å². The van der Waals surface area contributed by atoms with Gasteiger partial charge in [0.25, 0.3) is 0 Å². The van der Waals surface area contributed by atoms with Crippen molar-refractivity contribution in [3.8, 4) is 11.4 Å². The van der Waals surface area contributed by atoms with E-state index < -0.39 is 0 Å². The van der Waals surface area contributed by atoms with Crippen molar-refractivity contribution in [1.82, 2.24) is 25.0 Å². The van der Waals surface area contributed by atoms with Crippen molar-refractivity contribution in [2.75, 3.05) is 11.1 Å². The third kappa shape index (κ3) is 5.14. The van der Waals surface area contributed by atoms with Gasteiger partial charge in [-0.2, -0.15) is 5.10 Å². The average molecular weight is 487 g/mol. The largest absolute Gasteiger partial charge is 0.467 e. The molecular formula is C26H26N6O2S. The number of rotatable bonds is 7.